The molecule has 0 fully saturated rings. The van der Waals surface area contributed by atoms with E-state index in [-0.39, 0.29) is 5.56 Å². The van der Waals surface area contributed by atoms with Gasteiger partial charge >= 0.3 is 5.97 Å². The van der Waals surface area contributed by atoms with Gasteiger partial charge in [0, 0.05) is 16.0 Å². The first kappa shape index (κ1) is 16.5. The predicted octanol–water partition coefficient (Wildman–Crippen LogP) is 3.59. The van der Waals surface area contributed by atoms with Gasteiger partial charge in [-0.2, -0.15) is 0 Å². The molecule has 0 saturated heterocycles. The van der Waals surface area contributed by atoms with Crippen molar-refractivity contribution in [3.8, 4) is 0 Å². The van der Waals surface area contributed by atoms with Gasteiger partial charge in [-0.3, -0.25) is 14.5 Å². The van der Waals surface area contributed by atoms with Crippen LogP contribution in [0.25, 0.3) is 10.8 Å². The minimum Gasteiger partial charge on any atom is -0.480 e. The van der Waals surface area contributed by atoms with E-state index < -0.39 is 29.2 Å². The zero-order valence-corrected chi connectivity index (χ0v) is 14.2. The summed E-state index contributed by atoms with van der Waals surface area (Å²) in [6, 6.07) is 6.94. The van der Waals surface area contributed by atoms with Crippen molar-refractivity contribution in [2.24, 2.45) is 5.41 Å². The molecule has 124 valence electrons. The van der Waals surface area contributed by atoms with E-state index >= 15 is 0 Å². The molecule has 2 aromatic carbocycles. The summed E-state index contributed by atoms with van der Waals surface area (Å²) in [6.07, 6.45) is 0. The molecule has 0 unspecified atom stereocenters. The lowest BCUT2D eigenvalue weighted by Gasteiger charge is -2.38. The first-order chi connectivity index (χ1) is 11.1. The average Bonchev–Trinajstić information content (AvgIpc) is 2.46. The molecule has 6 heteroatoms. The van der Waals surface area contributed by atoms with Crippen LogP contribution in [-0.4, -0.2) is 33.8 Å². The number of amides is 2. The van der Waals surface area contributed by atoms with Crippen molar-refractivity contribution >= 4 is 40.2 Å². The van der Waals surface area contributed by atoms with Gasteiger partial charge in [-0.05, 0) is 29.0 Å². The van der Waals surface area contributed by atoms with Crippen LogP contribution in [0, 0.1) is 5.41 Å². The van der Waals surface area contributed by atoms with Crippen LogP contribution in [0.5, 0.6) is 0 Å². The molecule has 1 atom stereocenters. The third kappa shape index (κ3) is 2.36. The van der Waals surface area contributed by atoms with Gasteiger partial charge in [0.15, 0.2) is 0 Å². The monoisotopic (exact) mass is 345 g/mol. The second kappa shape index (κ2) is 5.31. The van der Waals surface area contributed by atoms with Crippen molar-refractivity contribution in [2.75, 3.05) is 0 Å². The van der Waals surface area contributed by atoms with Crippen molar-refractivity contribution in [2.45, 2.75) is 26.8 Å². The summed E-state index contributed by atoms with van der Waals surface area (Å²) in [5.41, 5.74) is -0.251. The standard InChI is InChI=1S/C18H16ClNO4/c1-18(2,3)14(17(23)24)20-15(21)11-6-4-5-9-7-10(19)8-12(13(9)11)16(20)22/h4-8,14H,1-3H3,(H,23,24)/t14-/m1/s1. The number of aliphatic carboxylic acids is 1. The zero-order valence-electron chi connectivity index (χ0n) is 13.5. The Morgan fingerprint density at radius 1 is 1.12 bits per heavy atom. The molecular formula is C18H16ClNO4. The molecule has 0 aliphatic carbocycles. The first-order valence-electron chi connectivity index (χ1n) is 7.46. The summed E-state index contributed by atoms with van der Waals surface area (Å²) in [5, 5.41) is 11.2. The van der Waals surface area contributed by atoms with E-state index in [1.807, 2.05) is 0 Å². The number of carboxylic acids is 1. The van der Waals surface area contributed by atoms with E-state index in [4.69, 9.17) is 11.6 Å². The molecule has 0 spiro atoms. The topological polar surface area (TPSA) is 74.7 Å². The minimum absolute atomic E-state index is 0.253. The maximum atomic E-state index is 12.9. The Labute approximate surface area is 143 Å². The second-order valence-corrected chi connectivity index (χ2v) is 7.38. The molecule has 2 amide bonds. The number of carbonyl (C=O) groups is 3. The Bertz CT molecular complexity index is 898. The second-order valence-electron chi connectivity index (χ2n) is 6.94. The number of carbonyl (C=O) groups excluding carboxylic acids is 2. The SMILES string of the molecule is CC(C)(C)[C@@H](C(=O)O)N1C(=O)c2cccc3cc(Cl)cc(c23)C1=O. The maximum Gasteiger partial charge on any atom is 0.327 e. The zero-order chi connectivity index (χ0) is 17.8. The fraction of sp³-hybridized carbons (Fsp3) is 0.278. The highest BCUT2D eigenvalue weighted by atomic mass is 35.5. The Morgan fingerprint density at radius 2 is 1.75 bits per heavy atom. The van der Waals surface area contributed by atoms with Crippen molar-refractivity contribution < 1.29 is 19.5 Å². The van der Waals surface area contributed by atoms with E-state index in [1.165, 1.54) is 6.07 Å². The minimum atomic E-state index is -1.28. The highest BCUT2D eigenvalue weighted by Gasteiger charge is 2.46. The molecule has 0 saturated carbocycles. The van der Waals surface area contributed by atoms with Gasteiger partial charge in [-0.1, -0.05) is 44.5 Å². The molecule has 1 aliphatic heterocycles. The number of hydrogen-bond acceptors (Lipinski definition) is 3. The lowest BCUT2D eigenvalue weighted by molar-refractivity contribution is -0.145. The smallest absolute Gasteiger partial charge is 0.327 e. The van der Waals surface area contributed by atoms with Crippen LogP contribution >= 0.6 is 11.6 Å². The van der Waals surface area contributed by atoms with Crippen molar-refractivity contribution in [3.05, 3.63) is 46.5 Å². The molecule has 1 heterocycles. The fourth-order valence-corrected chi connectivity index (χ4v) is 3.42. The van der Waals surface area contributed by atoms with Gasteiger partial charge in [0.1, 0.15) is 6.04 Å². The normalized spacial score (nSPS) is 15.8. The van der Waals surface area contributed by atoms with Crippen LogP contribution in [0.15, 0.2) is 30.3 Å². The number of halogens is 1. The molecule has 0 radical (unpaired) electrons. The summed E-state index contributed by atoms with van der Waals surface area (Å²) in [4.78, 5) is 38.5. The third-order valence-electron chi connectivity index (χ3n) is 4.15. The van der Waals surface area contributed by atoms with E-state index in [0.29, 0.717) is 21.4 Å². The summed E-state index contributed by atoms with van der Waals surface area (Å²) >= 11 is 6.09. The summed E-state index contributed by atoms with van der Waals surface area (Å²) in [5.74, 6) is -2.45. The molecule has 3 rings (SSSR count). The van der Waals surface area contributed by atoms with E-state index in [1.54, 1.807) is 45.0 Å². The van der Waals surface area contributed by atoms with Crippen LogP contribution in [0.2, 0.25) is 5.02 Å². The quantitative estimate of drug-likeness (QED) is 0.844. The van der Waals surface area contributed by atoms with Crippen molar-refractivity contribution in [1.82, 2.24) is 4.90 Å². The highest BCUT2D eigenvalue weighted by Crippen LogP contribution is 2.36. The Hall–Kier alpha value is -2.40. The van der Waals surface area contributed by atoms with Gasteiger partial charge in [-0.25, -0.2) is 4.79 Å². The largest absolute Gasteiger partial charge is 0.480 e. The lowest BCUT2D eigenvalue weighted by atomic mass is 9.83. The van der Waals surface area contributed by atoms with Gasteiger partial charge in [-0.15, -0.1) is 0 Å². The number of rotatable bonds is 2. The van der Waals surface area contributed by atoms with Crippen LogP contribution in [0.3, 0.4) is 0 Å². The Morgan fingerprint density at radius 3 is 2.33 bits per heavy atom. The molecule has 24 heavy (non-hydrogen) atoms. The molecule has 5 nitrogen and oxygen atoms in total. The van der Waals surface area contributed by atoms with Crippen molar-refractivity contribution in [3.63, 3.8) is 0 Å². The number of imide groups is 1. The molecule has 1 aliphatic rings. The summed E-state index contributed by atoms with van der Waals surface area (Å²) in [6.45, 7) is 5.04. The number of nitrogens with zero attached hydrogens (tertiary/aromatic N) is 1. The van der Waals surface area contributed by atoms with Crippen LogP contribution in [0.1, 0.15) is 41.5 Å². The fourth-order valence-electron chi connectivity index (χ4n) is 3.19. The van der Waals surface area contributed by atoms with E-state index in [9.17, 15) is 19.5 Å². The predicted molar refractivity (Wildman–Crippen MR) is 90.3 cm³/mol. The van der Waals surface area contributed by atoms with E-state index in [2.05, 4.69) is 0 Å². The van der Waals surface area contributed by atoms with Gasteiger partial charge in [0.25, 0.3) is 11.8 Å². The Balaban J connectivity index is 2.30. The van der Waals surface area contributed by atoms with Crippen LogP contribution < -0.4 is 0 Å². The Kier molecular flexibility index (Phi) is 3.64. The summed E-state index contributed by atoms with van der Waals surface area (Å²) < 4.78 is 0. The summed E-state index contributed by atoms with van der Waals surface area (Å²) in [7, 11) is 0. The van der Waals surface area contributed by atoms with Gasteiger partial charge in [0.2, 0.25) is 0 Å². The van der Waals surface area contributed by atoms with Gasteiger partial charge < -0.3 is 5.11 Å². The number of hydrogen-bond donors (Lipinski definition) is 1. The van der Waals surface area contributed by atoms with E-state index in [0.717, 1.165) is 4.90 Å². The van der Waals surface area contributed by atoms with Crippen LogP contribution in [0.4, 0.5) is 0 Å². The average molecular weight is 346 g/mol. The molecule has 0 bridgehead atoms. The highest BCUT2D eigenvalue weighted by molar-refractivity contribution is 6.34. The molecule has 0 aromatic heterocycles. The number of carboxylic acid groups (broad SMARTS) is 1. The first-order valence-corrected chi connectivity index (χ1v) is 7.83. The third-order valence-corrected chi connectivity index (χ3v) is 4.37. The van der Waals surface area contributed by atoms with Crippen LogP contribution in [-0.2, 0) is 4.79 Å². The lowest BCUT2D eigenvalue weighted by Crippen LogP contribution is -2.56. The van der Waals surface area contributed by atoms with Gasteiger partial charge in [0.05, 0.1) is 5.56 Å². The van der Waals surface area contributed by atoms with Crippen molar-refractivity contribution in [1.29, 1.82) is 0 Å². The number of benzene rings is 2. The molecular weight excluding hydrogens is 330 g/mol. The molecule has 1 N–H and O–H groups in total. The maximum absolute atomic E-state index is 12.9. The molecule has 2 aromatic rings.